The first-order valence-electron chi connectivity index (χ1n) is 7.65. The lowest BCUT2D eigenvalue weighted by Crippen LogP contribution is -2.55. The van der Waals surface area contributed by atoms with E-state index < -0.39 is 6.04 Å². The highest BCUT2D eigenvalue weighted by molar-refractivity contribution is 5.89. The van der Waals surface area contributed by atoms with Crippen molar-refractivity contribution in [2.24, 2.45) is 0 Å². The van der Waals surface area contributed by atoms with Crippen LogP contribution in [0.5, 0.6) is 0 Å². The maximum atomic E-state index is 12.5. The van der Waals surface area contributed by atoms with E-state index in [0.29, 0.717) is 13.1 Å². The van der Waals surface area contributed by atoms with Crippen LogP contribution in [-0.4, -0.2) is 36.0 Å². The summed E-state index contributed by atoms with van der Waals surface area (Å²) in [6, 6.07) is 9.10. The first kappa shape index (κ1) is 13.9. The molecule has 0 radical (unpaired) electrons. The zero-order valence-electron chi connectivity index (χ0n) is 12.0. The molecule has 1 unspecified atom stereocenters. The second-order valence-electron chi connectivity index (χ2n) is 5.73. The Morgan fingerprint density at radius 2 is 1.90 bits per heavy atom. The maximum Gasteiger partial charge on any atom is 0.318 e. The maximum absolute atomic E-state index is 12.5. The molecule has 2 aliphatic rings. The number of piperazine rings is 1. The fourth-order valence-corrected chi connectivity index (χ4v) is 3.18. The Balaban J connectivity index is 1.77. The highest BCUT2D eigenvalue weighted by atomic mass is 16.2. The lowest BCUT2D eigenvalue weighted by atomic mass is 10.0. The molecule has 1 saturated carbocycles. The molecule has 0 aromatic heterocycles. The molecule has 5 heteroatoms. The Kier molecular flexibility index (Phi) is 4.08. The average molecular weight is 287 g/mol. The third-order valence-corrected chi connectivity index (χ3v) is 4.27. The van der Waals surface area contributed by atoms with E-state index in [0.717, 1.165) is 18.4 Å². The minimum atomic E-state index is -0.527. The Morgan fingerprint density at radius 1 is 1.19 bits per heavy atom. The molecule has 1 aromatic carbocycles. The fourth-order valence-electron chi connectivity index (χ4n) is 3.18. The third kappa shape index (κ3) is 3.01. The van der Waals surface area contributed by atoms with Gasteiger partial charge in [0.25, 0.3) is 0 Å². The van der Waals surface area contributed by atoms with Crippen LogP contribution in [-0.2, 0) is 4.79 Å². The Bertz CT molecular complexity index is 512. The Hall–Kier alpha value is -2.04. The molecular weight excluding hydrogens is 266 g/mol. The quantitative estimate of drug-likeness (QED) is 0.871. The van der Waals surface area contributed by atoms with E-state index in [1.807, 2.05) is 30.3 Å². The molecule has 1 heterocycles. The van der Waals surface area contributed by atoms with Crippen LogP contribution in [0.15, 0.2) is 30.3 Å². The molecule has 5 nitrogen and oxygen atoms in total. The summed E-state index contributed by atoms with van der Waals surface area (Å²) in [5, 5.41) is 5.92. The molecule has 1 aliphatic carbocycles. The van der Waals surface area contributed by atoms with Crippen molar-refractivity contribution in [3.05, 3.63) is 35.9 Å². The number of benzene rings is 1. The van der Waals surface area contributed by atoms with Crippen molar-refractivity contribution in [2.75, 3.05) is 13.1 Å². The van der Waals surface area contributed by atoms with Crippen molar-refractivity contribution < 1.29 is 9.59 Å². The predicted molar refractivity (Wildman–Crippen MR) is 79.7 cm³/mol. The van der Waals surface area contributed by atoms with Gasteiger partial charge in [0.2, 0.25) is 5.91 Å². The van der Waals surface area contributed by atoms with Gasteiger partial charge in [0, 0.05) is 19.1 Å². The number of nitrogens with zero attached hydrogens (tertiary/aromatic N) is 1. The molecule has 1 atom stereocenters. The minimum Gasteiger partial charge on any atom is -0.352 e. The van der Waals surface area contributed by atoms with Gasteiger partial charge in [-0.25, -0.2) is 4.79 Å². The number of hydrogen-bond donors (Lipinski definition) is 2. The predicted octanol–water partition coefficient (Wildman–Crippen LogP) is 1.81. The van der Waals surface area contributed by atoms with Crippen LogP contribution in [0.3, 0.4) is 0 Å². The van der Waals surface area contributed by atoms with Crippen LogP contribution in [0.1, 0.15) is 37.3 Å². The van der Waals surface area contributed by atoms with Crippen LogP contribution < -0.4 is 10.6 Å². The first-order chi connectivity index (χ1) is 10.3. The Morgan fingerprint density at radius 3 is 2.62 bits per heavy atom. The monoisotopic (exact) mass is 287 g/mol. The zero-order chi connectivity index (χ0) is 14.7. The largest absolute Gasteiger partial charge is 0.352 e. The lowest BCUT2D eigenvalue weighted by molar-refractivity contribution is -0.127. The summed E-state index contributed by atoms with van der Waals surface area (Å²) in [5.74, 6) is -0.103. The van der Waals surface area contributed by atoms with Crippen LogP contribution in [0.2, 0.25) is 0 Å². The van der Waals surface area contributed by atoms with Crippen LogP contribution >= 0.6 is 0 Å². The van der Waals surface area contributed by atoms with Crippen molar-refractivity contribution in [2.45, 2.75) is 37.8 Å². The number of urea groups is 1. The van der Waals surface area contributed by atoms with Crippen molar-refractivity contribution in [3.8, 4) is 0 Å². The van der Waals surface area contributed by atoms with Gasteiger partial charge in [-0.1, -0.05) is 43.2 Å². The Labute approximate surface area is 124 Å². The van der Waals surface area contributed by atoms with Crippen molar-refractivity contribution in [1.82, 2.24) is 15.5 Å². The van der Waals surface area contributed by atoms with Gasteiger partial charge >= 0.3 is 6.03 Å². The third-order valence-electron chi connectivity index (χ3n) is 4.27. The molecule has 0 bridgehead atoms. The molecule has 1 saturated heterocycles. The molecule has 2 N–H and O–H groups in total. The second kappa shape index (κ2) is 6.16. The van der Waals surface area contributed by atoms with Gasteiger partial charge in [0.15, 0.2) is 0 Å². The molecule has 112 valence electrons. The van der Waals surface area contributed by atoms with Crippen molar-refractivity contribution in [3.63, 3.8) is 0 Å². The summed E-state index contributed by atoms with van der Waals surface area (Å²) in [5.41, 5.74) is 0.858. The number of rotatable bonds is 2. The summed E-state index contributed by atoms with van der Waals surface area (Å²) >= 11 is 0. The number of carbonyl (C=O) groups excluding carboxylic acids is 2. The summed E-state index contributed by atoms with van der Waals surface area (Å²) in [6.45, 7) is 1.06. The zero-order valence-corrected chi connectivity index (χ0v) is 12.0. The van der Waals surface area contributed by atoms with E-state index in [4.69, 9.17) is 0 Å². The van der Waals surface area contributed by atoms with E-state index >= 15 is 0 Å². The highest BCUT2D eigenvalue weighted by Crippen LogP contribution is 2.24. The van der Waals surface area contributed by atoms with Gasteiger partial charge in [0.1, 0.15) is 6.04 Å². The van der Waals surface area contributed by atoms with Gasteiger partial charge in [-0.2, -0.15) is 0 Å². The summed E-state index contributed by atoms with van der Waals surface area (Å²) in [7, 11) is 0. The molecule has 0 spiro atoms. The molecule has 21 heavy (non-hydrogen) atoms. The van der Waals surface area contributed by atoms with E-state index in [1.54, 1.807) is 4.90 Å². The first-order valence-corrected chi connectivity index (χ1v) is 7.65. The average Bonchev–Trinajstić information content (AvgIpc) is 3.00. The van der Waals surface area contributed by atoms with Gasteiger partial charge < -0.3 is 15.5 Å². The standard InChI is InChI=1S/C16H21N3O2/c20-15-14(12-6-2-1-3-7-12)19(11-10-17-15)16(21)18-13-8-4-5-9-13/h1-3,6-7,13-14H,4-5,8-11H2,(H,17,20)(H,18,21). The molecular formula is C16H21N3O2. The highest BCUT2D eigenvalue weighted by Gasteiger charge is 2.35. The molecule has 1 aromatic rings. The van der Waals surface area contributed by atoms with Gasteiger partial charge in [-0.05, 0) is 18.4 Å². The lowest BCUT2D eigenvalue weighted by Gasteiger charge is -2.36. The van der Waals surface area contributed by atoms with Crippen LogP contribution in [0.25, 0.3) is 0 Å². The fraction of sp³-hybridized carbons (Fsp3) is 0.500. The number of carbonyl (C=O) groups is 2. The van der Waals surface area contributed by atoms with Crippen molar-refractivity contribution in [1.29, 1.82) is 0 Å². The van der Waals surface area contributed by atoms with E-state index in [-0.39, 0.29) is 18.0 Å². The number of nitrogens with one attached hydrogen (secondary N) is 2. The van der Waals surface area contributed by atoms with E-state index in [9.17, 15) is 9.59 Å². The number of amides is 3. The second-order valence-corrected chi connectivity index (χ2v) is 5.73. The number of hydrogen-bond acceptors (Lipinski definition) is 2. The summed E-state index contributed by atoms with van der Waals surface area (Å²) < 4.78 is 0. The van der Waals surface area contributed by atoms with Gasteiger partial charge in [-0.3, -0.25) is 4.79 Å². The summed E-state index contributed by atoms with van der Waals surface area (Å²) in [4.78, 5) is 26.4. The molecule has 1 aliphatic heterocycles. The SMILES string of the molecule is O=C1NCCN(C(=O)NC2CCCC2)C1c1ccccc1. The van der Waals surface area contributed by atoms with E-state index in [1.165, 1.54) is 12.8 Å². The van der Waals surface area contributed by atoms with Crippen LogP contribution in [0, 0.1) is 0 Å². The molecule has 3 rings (SSSR count). The smallest absolute Gasteiger partial charge is 0.318 e. The minimum absolute atomic E-state index is 0.103. The normalized spacial score (nSPS) is 23.0. The van der Waals surface area contributed by atoms with Crippen LogP contribution in [0.4, 0.5) is 4.79 Å². The van der Waals surface area contributed by atoms with Gasteiger partial charge in [0.05, 0.1) is 0 Å². The topological polar surface area (TPSA) is 61.4 Å². The van der Waals surface area contributed by atoms with Crippen molar-refractivity contribution >= 4 is 11.9 Å². The van der Waals surface area contributed by atoms with Gasteiger partial charge in [-0.15, -0.1) is 0 Å². The molecule has 3 amide bonds. The summed E-state index contributed by atoms with van der Waals surface area (Å²) in [6.07, 6.45) is 4.44. The van der Waals surface area contributed by atoms with E-state index in [2.05, 4.69) is 10.6 Å². The molecule has 2 fully saturated rings.